The van der Waals surface area contributed by atoms with E-state index in [4.69, 9.17) is 11.6 Å². The van der Waals surface area contributed by atoms with E-state index in [1.165, 1.54) is 0 Å². The van der Waals surface area contributed by atoms with Gasteiger partial charge in [0.1, 0.15) is 18.2 Å². The molecule has 0 aliphatic carbocycles. The van der Waals surface area contributed by atoms with Crippen LogP contribution in [0.2, 0.25) is 5.02 Å². The Kier molecular flexibility index (Phi) is 3.79. The number of hydrogen-bond donors (Lipinski definition) is 1. The number of rotatable bonds is 4. The number of hydrogen-bond acceptors (Lipinski definition) is 3. The number of anilines is 1. The van der Waals surface area contributed by atoms with Gasteiger partial charge in [-0.25, -0.2) is 8.78 Å². The second-order valence-electron chi connectivity index (χ2n) is 2.66. The Morgan fingerprint density at radius 1 is 1.53 bits per heavy atom. The molecule has 4 nitrogen and oxygen atoms in total. The largest absolute Gasteiger partial charge is 0.377 e. The zero-order valence-electron chi connectivity index (χ0n) is 7.47. The van der Waals surface area contributed by atoms with Gasteiger partial charge in [-0.05, 0) is 6.07 Å². The lowest BCUT2D eigenvalue weighted by molar-refractivity contribution is -0.384. The molecule has 0 fully saturated rings. The minimum atomic E-state index is -0.880. The Morgan fingerprint density at radius 3 is 2.73 bits per heavy atom. The zero-order valence-corrected chi connectivity index (χ0v) is 8.22. The minimum absolute atomic E-state index is 0.00375. The molecule has 15 heavy (non-hydrogen) atoms. The van der Waals surface area contributed by atoms with Gasteiger partial charge in [-0.2, -0.15) is 0 Å². The molecule has 0 heterocycles. The number of benzene rings is 1. The number of alkyl halides is 1. The van der Waals surface area contributed by atoms with Crippen molar-refractivity contribution in [2.45, 2.75) is 0 Å². The van der Waals surface area contributed by atoms with Crippen molar-refractivity contribution in [1.29, 1.82) is 0 Å². The quantitative estimate of drug-likeness (QED) is 0.646. The Bertz CT molecular complexity index is 387. The monoisotopic (exact) mass is 236 g/mol. The molecule has 0 atom stereocenters. The van der Waals surface area contributed by atoms with Crippen LogP contribution in [-0.2, 0) is 0 Å². The first kappa shape index (κ1) is 11.6. The van der Waals surface area contributed by atoms with Crippen molar-refractivity contribution >= 4 is 23.0 Å². The summed E-state index contributed by atoms with van der Waals surface area (Å²) in [6.45, 7) is -0.783. The van der Waals surface area contributed by atoms with E-state index >= 15 is 0 Å². The molecule has 0 spiro atoms. The summed E-state index contributed by atoms with van der Waals surface area (Å²) in [4.78, 5) is 9.75. The summed E-state index contributed by atoms with van der Waals surface area (Å²) in [5.74, 6) is -0.880. The fourth-order valence-electron chi connectivity index (χ4n) is 1.01. The van der Waals surface area contributed by atoms with E-state index in [9.17, 15) is 18.9 Å². The number of nitrogens with zero attached hydrogens (tertiary/aromatic N) is 1. The number of halogens is 3. The lowest BCUT2D eigenvalue weighted by atomic mass is 10.2. The van der Waals surface area contributed by atoms with Gasteiger partial charge in [0.25, 0.3) is 5.69 Å². The van der Waals surface area contributed by atoms with Crippen LogP contribution in [0.15, 0.2) is 12.1 Å². The predicted octanol–water partition coefficient (Wildman–Crippen LogP) is 2.77. The van der Waals surface area contributed by atoms with Crippen molar-refractivity contribution in [1.82, 2.24) is 0 Å². The van der Waals surface area contributed by atoms with Crippen LogP contribution in [0.4, 0.5) is 20.2 Å². The summed E-state index contributed by atoms with van der Waals surface area (Å²) in [7, 11) is 0. The summed E-state index contributed by atoms with van der Waals surface area (Å²) in [6.07, 6.45) is 0. The second-order valence-corrected chi connectivity index (χ2v) is 3.06. The number of nitro groups is 1. The first-order valence-electron chi connectivity index (χ1n) is 3.99. The van der Waals surface area contributed by atoms with E-state index in [1.54, 1.807) is 0 Å². The fraction of sp³-hybridized carbons (Fsp3) is 0.250. The average molecular weight is 237 g/mol. The molecule has 0 unspecified atom stereocenters. The van der Waals surface area contributed by atoms with Crippen LogP contribution in [0.5, 0.6) is 0 Å². The van der Waals surface area contributed by atoms with Gasteiger partial charge in [-0.15, -0.1) is 0 Å². The minimum Gasteiger partial charge on any atom is -0.377 e. The normalized spacial score (nSPS) is 10.1. The highest BCUT2D eigenvalue weighted by atomic mass is 35.5. The summed E-state index contributed by atoms with van der Waals surface area (Å²) in [5.41, 5.74) is -0.464. The number of nitro benzene ring substituents is 1. The third-order valence-corrected chi connectivity index (χ3v) is 1.93. The van der Waals surface area contributed by atoms with Gasteiger partial charge in [0, 0.05) is 6.54 Å². The Labute approximate surface area is 89.0 Å². The Morgan fingerprint density at radius 2 is 2.20 bits per heavy atom. The van der Waals surface area contributed by atoms with Crippen LogP contribution in [0.1, 0.15) is 0 Å². The van der Waals surface area contributed by atoms with E-state index in [1.807, 2.05) is 0 Å². The van der Waals surface area contributed by atoms with Crippen LogP contribution in [-0.4, -0.2) is 18.1 Å². The van der Waals surface area contributed by atoms with Crippen LogP contribution in [0.3, 0.4) is 0 Å². The van der Waals surface area contributed by atoms with Gasteiger partial charge in [0.15, 0.2) is 0 Å². The first-order valence-corrected chi connectivity index (χ1v) is 4.37. The molecule has 1 rings (SSSR count). The molecule has 1 aromatic carbocycles. The lowest BCUT2D eigenvalue weighted by Crippen LogP contribution is -2.06. The van der Waals surface area contributed by atoms with Gasteiger partial charge < -0.3 is 5.32 Å². The standard InChI is InChI=1S/C8H7ClF2N2O2/c9-5-3-7(12-2-1-10)8(13(14)15)4-6(5)11/h3-4,12H,1-2H2. The molecule has 0 aliphatic heterocycles. The lowest BCUT2D eigenvalue weighted by Gasteiger charge is -2.05. The van der Waals surface area contributed by atoms with E-state index in [2.05, 4.69) is 5.32 Å². The molecule has 1 N–H and O–H groups in total. The molecule has 7 heteroatoms. The summed E-state index contributed by atoms with van der Waals surface area (Å²) in [6, 6.07) is 1.76. The van der Waals surface area contributed by atoms with Crippen molar-refractivity contribution < 1.29 is 13.7 Å². The molecule has 0 radical (unpaired) electrons. The third kappa shape index (κ3) is 2.76. The van der Waals surface area contributed by atoms with Gasteiger partial charge in [-0.3, -0.25) is 10.1 Å². The summed E-state index contributed by atoms with van der Waals surface area (Å²) >= 11 is 5.44. The van der Waals surface area contributed by atoms with Crippen LogP contribution < -0.4 is 5.32 Å². The van der Waals surface area contributed by atoms with Crippen molar-refractivity contribution in [3.05, 3.63) is 33.1 Å². The molecule has 0 amide bonds. The fourth-order valence-corrected chi connectivity index (χ4v) is 1.17. The van der Waals surface area contributed by atoms with Crippen molar-refractivity contribution in [3.63, 3.8) is 0 Å². The Hall–Kier alpha value is -1.43. The highest BCUT2D eigenvalue weighted by Gasteiger charge is 2.17. The number of nitrogens with one attached hydrogen (secondary N) is 1. The zero-order chi connectivity index (χ0) is 11.4. The maximum absolute atomic E-state index is 12.9. The topological polar surface area (TPSA) is 55.2 Å². The maximum atomic E-state index is 12.9. The molecule has 0 aromatic heterocycles. The van der Waals surface area contributed by atoms with Gasteiger partial charge in [-0.1, -0.05) is 11.6 Å². The molecule has 0 saturated carbocycles. The van der Waals surface area contributed by atoms with E-state index in [0.29, 0.717) is 6.07 Å². The maximum Gasteiger partial charge on any atom is 0.295 e. The predicted molar refractivity (Wildman–Crippen MR) is 52.5 cm³/mol. The van der Waals surface area contributed by atoms with Crippen molar-refractivity contribution in [2.24, 2.45) is 0 Å². The smallest absolute Gasteiger partial charge is 0.295 e. The van der Waals surface area contributed by atoms with Gasteiger partial charge in [0.2, 0.25) is 0 Å². The van der Waals surface area contributed by atoms with E-state index in [-0.39, 0.29) is 17.3 Å². The first-order chi connectivity index (χ1) is 7.06. The Balaban J connectivity index is 3.10. The summed E-state index contributed by atoms with van der Waals surface area (Å²) < 4.78 is 24.8. The molecule has 0 aliphatic rings. The second kappa shape index (κ2) is 4.88. The van der Waals surface area contributed by atoms with Crippen LogP contribution in [0, 0.1) is 15.9 Å². The molecule has 0 saturated heterocycles. The molecular weight excluding hydrogens is 230 g/mol. The van der Waals surface area contributed by atoms with Crippen LogP contribution in [0.25, 0.3) is 0 Å². The summed E-state index contributed by atoms with van der Waals surface area (Å²) in [5, 5.41) is 12.7. The molecule has 1 aromatic rings. The molecule has 0 bridgehead atoms. The van der Waals surface area contributed by atoms with Gasteiger partial charge in [0.05, 0.1) is 16.0 Å². The van der Waals surface area contributed by atoms with E-state index in [0.717, 1.165) is 6.07 Å². The highest BCUT2D eigenvalue weighted by Crippen LogP contribution is 2.29. The van der Waals surface area contributed by atoms with Crippen molar-refractivity contribution in [2.75, 3.05) is 18.5 Å². The highest BCUT2D eigenvalue weighted by molar-refractivity contribution is 6.31. The van der Waals surface area contributed by atoms with E-state index < -0.39 is 23.1 Å². The average Bonchev–Trinajstić information content (AvgIpc) is 2.19. The van der Waals surface area contributed by atoms with Crippen LogP contribution >= 0.6 is 11.6 Å². The SMILES string of the molecule is O=[N+]([O-])c1cc(F)c(Cl)cc1NCCF. The molecular formula is C8H7ClF2N2O2. The van der Waals surface area contributed by atoms with Crippen molar-refractivity contribution in [3.8, 4) is 0 Å². The molecule has 82 valence electrons. The van der Waals surface area contributed by atoms with Gasteiger partial charge >= 0.3 is 0 Å². The third-order valence-electron chi connectivity index (χ3n) is 1.65.